The van der Waals surface area contributed by atoms with Gasteiger partial charge in [0.25, 0.3) is 0 Å². The maximum Gasteiger partial charge on any atom is 0.196 e. The lowest BCUT2D eigenvalue weighted by Gasteiger charge is -2.82. The highest BCUT2D eigenvalue weighted by atomic mass is 32.1. The standard InChI is InChI=1S/C44H57N9O3S/c1-27-29-10-9-17-53(37(29)51-50-36(27)49-39-47-32-11-5-6-12-33(32)57-39)34-14-13-30(35(48-34)38(54)55)31(20-45)28(2)46-26-42-21-40(3)23-43(56-19-18-52-15-7-8-16-52)24-41(4,22-42)44(40,43)25-42/h5-6,11-14,20,38,45-46,50-51,54-55H,7-10,15-19,21-26H2,1-4H3,(H,47,49)/b31-28+,45-20?. The second-order valence-electron chi connectivity index (χ2n) is 18.8. The van der Waals surface area contributed by atoms with Crippen molar-refractivity contribution in [1.82, 2.24) is 31.0 Å². The van der Waals surface area contributed by atoms with Crippen LogP contribution in [0.2, 0.25) is 0 Å². The van der Waals surface area contributed by atoms with Crippen LogP contribution in [0.15, 0.2) is 64.9 Å². The van der Waals surface area contributed by atoms with E-state index in [0.717, 1.165) is 82.9 Å². The molecule has 2 atom stereocenters. The van der Waals surface area contributed by atoms with E-state index in [2.05, 4.69) is 58.1 Å². The number of allylic oxidation sites excluding steroid dienone is 4. The van der Waals surface area contributed by atoms with Gasteiger partial charge in [-0.05, 0) is 131 Å². The number of hydrazine groups is 1. The molecule has 0 amide bonds. The fourth-order valence-corrected chi connectivity index (χ4v) is 14.5. The quantitative estimate of drug-likeness (QED) is 0.0727. The number of hydrogen-bond acceptors (Lipinski definition) is 13. The molecule has 5 fully saturated rings. The number of aliphatic hydroxyl groups excluding tert-OH is 1. The maximum atomic E-state index is 10.7. The van der Waals surface area contributed by atoms with Crippen molar-refractivity contribution in [2.45, 2.75) is 97.4 Å². The topological polar surface area (TPSA) is 154 Å². The Morgan fingerprint density at radius 2 is 1.77 bits per heavy atom. The van der Waals surface area contributed by atoms with Crippen molar-refractivity contribution in [2.75, 3.05) is 49.5 Å². The van der Waals surface area contributed by atoms with E-state index in [1.165, 1.54) is 64.2 Å². The lowest BCUT2D eigenvalue weighted by Crippen LogP contribution is -2.82. The van der Waals surface area contributed by atoms with Crippen LogP contribution in [0, 0.1) is 27.1 Å². The van der Waals surface area contributed by atoms with Gasteiger partial charge in [0.2, 0.25) is 0 Å². The molecule has 1 spiro atoms. The van der Waals surface area contributed by atoms with Gasteiger partial charge in [0.15, 0.2) is 11.4 Å². The van der Waals surface area contributed by atoms with Crippen molar-refractivity contribution in [1.29, 1.82) is 5.41 Å². The number of rotatable bonds is 13. The number of nitrogens with zero attached hydrogens (tertiary/aromatic N) is 4. The number of ether oxygens (including phenoxy) is 1. The zero-order valence-electron chi connectivity index (χ0n) is 33.7. The van der Waals surface area contributed by atoms with Crippen LogP contribution >= 0.6 is 11.3 Å². The Morgan fingerprint density at radius 3 is 2.51 bits per heavy atom. The molecule has 13 heteroatoms. The SMILES string of the molecule is CC1=C(Nc2nc3ccccc3s2)NNC2=C1CCCN2c1ccc(/C(C=N)=C(\C)NCC23CC4(C)CC5(OCCN6CCCC6)CC(C)(C2)C45C3)c(C(O)O)n1. The Morgan fingerprint density at radius 1 is 1.00 bits per heavy atom. The number of thiazole rings is 1. The summed E-state index contributed by atoms with van der Waals surface area (Å²) in [5.74, 6) is 2.36. The normalized spacial score (nSPS) is 33.1. The highest BCUT2D eigenvalue weighted by Crippen LogP contribution is 2.95. The zero-order chi connectivity index (χ0) is 39.4. The summed E-state index contributed by atoms with van der Waals surface area (Å²) >= 11 is 1.61. The van der Waals surface area contributed by atoms with Crippen LogP contribution in [0.3, 0.4) is 0 Å². The van der Waals surface area contributed by atoms with Crippen LogP contribution in [-0.4, -0.2) is 76.2 Å². The minimum atomic E-state index is -1.81. The van der Waals surface area contributed by atoms with Gasteiger partial charge >= 0.3 is 0 Å². The molecule has 0 radical (unpaired) electrons. The molecule has 10 rings (SSSR count). The van der Waals surface area contributed by atoms with E-state index in [1.54, 1.807) is 11.3 Å². The Balaban J connectivity index is 0.865. The molecule has 302 valence electrons. The third kappa shape index (κ3) is 5.48. The van der Waals surface area contributed by atoms with Crippen LogP contribution in [0.4, 0.5) is 10.9 Å². The Kier molecular flexibility index (Phi) is 8.67. The summed E-state index contributed by atoms with van der Waals surface area (Å²) in [4.78, 5) is 14.3. The van der Waals surface area contributed by atoms with Gasteiger partial charge in [-0.3, -0.25) is 10.9 Å². The molecule has 2 bridgehead atoms. The summed E-state index contributed by atoms with van der Waals surface area (Å²) in [5, 5.41) is 38.0. The first-order chi connectivity index (χ1) is 27.4. The predicted octanol–water partition coefficient (Wildman–Crippen LogP) is 6.75. The van der Waals surface area contributed by atoms with Crippen LogP contribution in [-0.2, 0) is 4.74 Å². The number of benzene rings is 1. The third-order valence-corrected chi connectivity index (χ3v) is 16.3. The largest absolute Gasteiger partial charge is 0.387 e. The molecule has 5 heterocycles. The van der Waals surface area contributed by atoms with E-state index >= 15 is 0 Å². The molecule has 3 aliphatic heterocycles. The number of anilines is 2. The molecular weight excluding hydrogens is 735 g/mol. The summed E-state index contributed by atoms with van der Waals surface area (Å²) in [6.45, 7) is 15.0. The summed E-state index contributed by atoms with van der Waals surface area (Å²) in [6.07, 6.45) is 9.89. The van der Waals surface area contributed by atoms with Crippen molar-refractivity contribution in [3.63, 3.8) is 0 Å². The molecule has 4 saturated carbocycles. The van der Waals surface area contributed by atoms with E-state index < -0.39 is 6.29 Å². The van der Waals surface area contributed by atoms with Gasteiger partial charge in [0.1, 0.15) is 23.2 Å². The lowest BCUT2D eigenvalue weighted by atomic mass is 9.25. The van der Waals surface area contributed by atoms with Crippen molar-refractivity contribution in [3.05, 3.63) is 76.1 Å². The average Bonchev–Trinajstić information content (AvgIpc) is 3.95. The molecule has 2 unspecified atom stereocenters. The van der Waals surface area contributed by atoms with E-state index in [0.29, 0.717) is 27.8 Å². The van der Waals surface area contributed by atoms with Gasteiger partial charge in [0, 0.05) is 53.7 Å². The Labute approximate surface area is 339 Å². The van der Waals surface area contributed by atoms with Gasteiger partial charge in [-0.1, -0.05) is 37.3 Å². The van der Waals surface area contributed by atoms with Crippen molar-refractivity contribution in [2.24, 2.45) is 21.7 Å². The predicted molar refractivity (Wildman–Crippen MR) is 225 cm³/mol. The zero-order valence-corrected chi connectivity index (χ0v) is 34.5. The molecule has 57 heavy (non-hydrogen) atoms. The van der Waals surface area contributed by atoms with Crippen molar-refractivity contribution in [3.8, 4) is 0 Å². The fraction of sp³-hybridized carbons (Fsp3) is 0.568. The van der Waals surface area contributed by atoms with E-state index in [1.807, 2.05) is 37.3 Å². The number of pyridine rings is 1. The first-order valence-corrected chi connectivity index (χ1v) is 21.8. The number of likely N-dealkylation sites (tertiary alicyclic amines) is 1. The Bertz CT molecular complexity index is 2180. The third-order valence-electron chi connectivity index (χ3n) is 15.4. The van der Waals surface area contributed by atoms with Gasteiger partial charge in [-0.2, -0.15) is 0 Å². The minimum absolute atomic E-state index is 0.0404. The molecule has 12 nitrogen and oxygen atoms in total. The maximum absolute atomic E-state index is 10.7. The van der Waals surface area contributed by atoms with Gasteiger partial charge in [0.05, 0.1) is 22.4 Å². The first-order valence-electron chi connectivity index (χ1n) is 21.0. The summed E-state index contributed by atoms with van der Waals surface area (Å²) < 4.78 is 8.05. The minimum Gasteiger partial charge on any atom is -0.387 e. The second-order valence-corrected chi connectivity index (χ2v) is 19.8. The van der Waals surface area contributed by atoms with E-state index in [4.69, 9.17) is 20.1 Å². The van der Waals surface area contributed by atoms with Crippen LogP contribution in [0.1, 0.15) is 103 Å². The molecule has 1 aromatic carbocycles. The second kappa shape index (κ2) is 13.3. The average molecular weight is 792 g/mol. The van der Waals surface area contributed by atoms with Gasteiger partial charge in [-0.15, -0.1) is 0 Å². The molecule has 4 aliphatic carbocycles. The van der Waals surface area contributed by atoms with Crippen molar-refractivity contribution < 1.29 is 14.9 Å². The number of aromatic nitrogens is 2. The van der Waals surface area contributed by atoms with E-state index in [9.17, 15) is 10.2 Å². The number of aliphatic hydroxyl groups is 2. The molecule has 3 aromatic rings. The summed E-state index contributed by atoms with van der Waals surface area (Å²) in [5.41, 5.74) is 13.2. The van der Waals surface area contributed by atoms with Crippen LogP contribution in [0.25, 0.3) is 15.8 Å². The molecular formula is C44H57N9O3S. The lowest BCUT2D eigenvalue weighted by molar-refractivity contribution is -0.397. The van der Waals surface area contributed by atoms with Gasteiger partial charge < -0.3 is 40.8 Å². The highest BCUT2D eigenvalue weighted by molar-refractivity contribution is 7.22. The fourth-order valence-electron chi connectivity index (χ4n) is 13.7. The molecule has 7 aliphatic rings. The molecule has 1 saturated heterocycles. The summed E-state index contributed by atoms with van der Waals surface area (Å²) in [7, 11) is 0. The van der Waals surface area contributed by atoms with E-state index in [-0.39, 0.29) is 22.1 Å². The van der Waals surface area contributed by atoms with Crippen LogP contribution in [0.5, 0.6) is 0 Å². The number of nitrogens with one attached hydrogen (secondary N) is 5. The molecule has 7 N–H and O–H groups in total. The smallest absolute Gasteiger partial charge is 0.196 e. The number of hydrogen-bond donors (Lipinski definition) is 7. The van der Waals surface area contributed by atoms with Crippen molar-refractivity contribution >= 4 is 44.3 Å². The number of fused-ring (bicyclic) bond motifs is 2. The monoisotopic (exact) mass is 791 g/mol. The van der Waals surface area contributed by atoms with Crippen LogP contribution < -0.4 is 26.4 Å². The van der Waals surface area contributed by atoms with Gasteiger partial charge in [-0.25, -0.2) is 9.97 Å². The summed E-state index contributed by atoms with van der Waals surface area (Å²) in [6, 6.07) is 11.9. The number of para-hydroxylation sites is 1. The Hall–Kier alpha value is -4.01. The first kappa shape index (κ1) is 37.3. The highest BCUT2D eigenvalue weighted by Gasteiger charge is 2.93. The molecule has 2 aromatic heterocycles.